The molecule has 0 fully saturated rings. The van der Waals surface area contributed by atoms with Crippen molar-refractivity contribution in [2.45, 2.75) is 70.2 Å². The number of aliphatic hydroxyl groups excluding tert-OH is 1. The first-order valence-corrected chi connectivity index (χ1v) is 15.2. The third kappa shape index (κ3) is 13.3. The number of carboxylic acid groups (broad SMARTS) is 1. The van der Waals surface area contributed by atoms with E-state index in [0.717, 1.165) is 4.90 Å². The van der Waals surface area contributed by atoms with Crippen LogP contribution in [0.4, 0.5) is 0 Å². The topological polar surface area (TPSA) is 259 Å². The van der Waals surface area contributed by atoms with Gasteiger partial charge in [0.15, 0.2) is 5.96 Å². The lowest BCUT2D eigenvalue weighted by Gasteiger charge is -2.30. The highest BCUT2D eigenvalue weighted by Gasteiger charge is 2.35. The van der Waals surface area contributed by atoms with Crippen molar-refractivity contribution < 1.29 is 39.0 Å². The quantitative estimate of drug-likeness (QED) is 0.0331. The maximum Gasteiger partial charge on any atom is 0.326 e. The molecular weight excluding hydrogens is 620 g/mol. The van der Waals surface area contributed by atoms with E-state index >= 15 is 0 Å². The zero-order chi connectivity index (χ0) is 35.0. The lowest BCUT2D eigenvalue weighted by atomic mass is 10.0. The Balaban J connectivity index is 3.12. The molecule has 0 aliphatic carbocycles. The van der Waals surface area contributed by atoms with E-state index in [1.807, 2.05) is 0 Å². The van der Waals surface area contributed by atoms with Gasteiger partial charge < -0.3 is 47.8 Å². The summed E-state index contributed by atoms with van der Waals surface area (Å²) in [5.74, 6) is -5.59. The molecule has 17 heteroatoms. The zero-order valence-electron chi connectivity index (χ0n) is 26.4. The van der Waals surface area contributed by atoms with Crippen LogP contribution in [0.15, 0.2) is 35.3 Å². The molecule has 5 amide bonds. The minimum atomic E-state index is -1.52. The van der Waals surface area contributed by atoms with Gasteiger partial charge in [0.2, 0.25) is 29.5 Å². The SMILES string of the molecule is CC(=O)N[C@@H](CS)C(=O)N[C@H](CCCN=C(N)N)C(=O)N[C@H](C(=O)N[C@H](CO)C(=O)N(C)[C@@H](Cc1ccccc1)C(=O)O)C(C)C. The molecule has 1 rings (SSSR count). The second-order valence-corrected chi connectivity index (χ2v) is 11.3. The van der Waals surface area contributed by atoms with Crippen LogP contribution in [-0.4, -0.2) is 113 Å². The molecule has 1 aromatic rings. The van der Waals surface area contributed by atoms with E-state index in [1.54, 1.807) is 44.2 Å². The van der Waals surface area contributed by atoms with E-state index in [1.165, 1.54) is 14.0 Å². The highest BCUT2D eigenvalue weighted by molar-refractivity contribution is 7.80. The number of likely N-dealkylation sites (N-methyl/N-ethyl adjacent to an activating group) is 1. The van der Waals surface area contributed by atoms with Gasteiger partial charge in [0.25, 0.3) is 0 Å². The first-order chi connectivity index (χ1) is 21.6. The molecule has 0 unspecified atom stereocenters. The van der Waals surface area contributed by atoms with Crippen LogP contribution in [0, 0.1) is 5.92 Å². The molecule has 1 aromatic carbocycles. The zero-order valence-corrected chi connectivity index (χ0v) is 27.3. The Morgan fingerprint density at radius 1 is 0.913 bits per heavy atom. The van der Waals surface area contributed by atoms with E-state index in [0.29, 0.717) is 5.56 Å². The van der Waals surface area contributed by atoms with Crippen molar-refractivity contribution in [3.8, 4) is 0 Å². The smallest absolute Gasteiger partial charge is 0.326 e. The fourth-order valence-electron chi connectivity index (χ4n) is 4.35. The fourth-order valence-corrected chi connectivity index (χ4v) is 4.60. The van der Waals surface area contributed by atoms with E-state index < -0.39 is 78.2 Å². The number of hydrogen-bond donors (Lipinski definition) is 9. The minimum absolute atomic E-state index is 0.0124. The lowest BCUT2D eigenvalue weighted by Crippen LogP contribution is -2.60. The lowest BCUT2D eigenvalue weighted by molar-refractivity contribution is -0.150. The normalized spacial score (nSPS) is 14.1. The summed E-state index contributed by atoms with van der Waals surface area (Å²) < 4.78 is 0. The maximum atomic E-state index is 13.4. The summed E-state index contributed by atoms with van der Waals surface area (Å²) >= 11 is 4.08. The number of amides is 5. The van der Waals surface area contributed by atoms with Gasteiger partial charge in [0.1, 0.15) is 30.2 Å². The molecule has 0 bridgehead atoms. The van der Waals surface area contributed by atoms with Crippen molar-refractivity contribution in [1.82, 2.24) is 26.2 Å². The van der Waals surface area contributed by atoms with Crippen LogP contribution in [0.1, 0.15) is 39.2 Å². The number of rotatable bonds is 19. The Kier molecular flexibility index (Phi) is 17.1. The Morgan fingerprint density at radius 2 is 1.50 bits per heavy atom. The Hall–Kier alpha value is -4.38. The molecule has 0 aliphatic rings. The number of carbonyl (C=O) groups is 6. The number of aliphatic imine (C=N–C) groups is 1. The molecule has 0 saturated carbocycles. The van der Waals surface area contributed by atoms with Gasteiger partial charge in [-0.2, -0.15) is 12.6 Å². The van der Waals surface area contributed by atoms with Crippen molar-refractivity contribution >= 4 is 54.1 Å². The van der Waals surface area contributed by atoms with Crippen LogP contribution in [0.5, 0.6) is 0 Å². The maximum absolute atomic E-state index is 13.4. The number of nitrogens with two attached hydrogens (primary N) is 2. The second-order valence-electron chi connectivity index (χ2n) is 10.9. The van der Waals surface area contributed by atoms with Crippen molar-refractivity contribution in [2.24, 2.45) is 22.4 Å². The Labute approximate surface area is 273 Å². The van der Waals surface area contributed by atoms with Crippen LogP contribution in [0.25, 0.3) is 0 Å². The van der Waals surface area contributed by atoms with Crippen LogP contribution in [-0.2, 0) is 35.2 Å². The number of aliphatic carboxylic acids is 1. The third-order valence-electron chi connectivity index (χ3n) is 6.87. The van der Waals surface area contributed by atoms with Gasteiger partial charge in [0.05, 0.1) is 6.61 Å². The molecular formula is C29H46N8O8S. The summed E-state index contributed by atoms with van der Waals surface area (Å²) in [6, 6.07) is 2.40. The number of benzene rings is 1. The molecule has 5 atom stereocenters. The van der Waals surface area contributed by atoms with E-state index in [-0.39, 0.29) is 37.5 Å². The van der Waals surface area contributed by atoms with Crippen molar-refractivity contribution in [1.29, 1.82) is 0 Å². The molecule has 16 nitrogen and oxygen atoms in total. The van der Waals surface area contributed by atoms with Gasteiger partial charge in [-0.3, -0.25) is 29.0 Å². The highest BCUT2D eigenvalue weighted by Crippen LogP contribution is 2.11. The molecule has 46 heavy (non-hydrogen) atoms. The number of carbonyl (C=O) groups excluding carboxylic acids is 5. The summed E-state index contributed by atoms with van der Waals surface area (Å²) in [5, 5.41) is 29.8. The van der Waals surface area contributed by atoms with Crippen molar-refractivity contribution in [3.05, 3.63) is 35.9 Å². The van der Waals surface area contributed by atoms with Crippen LogP contribution in [0.2, 0.25) is 0 Å². The van der Waals surface area contributed by atoms with Crippen LogP contribution < -0.4 is 32.7 Å². The molecule has 0 heterocycles. The van der Waals surface area contributed by atoms with E-state index in [9.17, 15) is 39.0 Å². The third-order valence-corrected chi connectivity index (χ3v) is 7.24. The van der Waals surface area contributed by atoms with Crippen molar-refractivity contribution in [2.75, 3.05) is 26.0 Å². The van der Waals surface area contributed by atoms with Gasteiger partial charge in [-0.05, 0) is 24.3 Å². The Morgan fingerprint density at radius 3 is 2.00 bits per heavy atom. The predicted molar refractivity (Wildman–Crippen MR) is 173 cm³/mol. The number of guanidine groups is 1. The summed E-state index contributed by atoms with van der Waals surface area (Å²) in [6.07, 6.45) is 0.309. The number of carboxylic acids is 1. The first-order valence-electron chi connectivity index (χ1n) is 14.6. The minimum Gasteiger partial charge on any atom is -0.480 e. The molecule has 256 valence electrons. The first kappa shape index (κ1) is 39.6. The molecule has 0 radical (unpaired) electrons. The van der Waals surface area contributed by atoms with Crippen LogP contribution >= 0.6 is 12.6 Å². The monoisotopic (exact) mass is 666 g/mol. The fraction of sp³-hybridized carbons (Fsp3) is 0.552. The van der Waals surface area contributed by atoms with Gasteiger partial charge in [-0.15, -0.1) is 0 Å². The highest BCUT2D eigenvalue weighted by atomic mass is 32.1. The van der Waals surface area contributed by atoms with Gasteiger partial charge in [-0.25, -0.2) is 4.79 Å². The Bertz CT molecular complexity index is 1230. The number of nitrogens with zero attached hydrogens (tertiary/aromatic N) is 2. The van der Waals surface area contributed by atoms with E-state index in [4.69, 9.17) is 11.5 Å². The van der Waals surface area contributed by atoms with E-state index in [2.05, 4.69) is 38.9 Å². The summed E-state index contributed by atoms with van der Waals surface area (Å²) in [4.78, 5) is 81.2. The predicted octanol–water partition coefficient (Wildman–Crippen LogP) is -2.27. The summed E-state index contributed by atoms with van der Waals surface area (Å²) in [5.41, 5.74) is 11.4. The average Bonchev–Trinajstić information content (AvgIpc) is 3.00. The summed E-state index contributed by atoms with van der Waals surface area (Å²) in [6.45, 7) is 3.79. The molecule has 0 spiro atoms. The molecule has 0 aromatic heterocycles. The largest absolute Gasteiger partial charge is 0.480 e. The summed E-state index contributed by atoms with van der Waals surface area (Å²) in [7, 11) is 1.26. The second kappa shape index (κ2) is 19.9. The number of hydrogen-bond acceptors (Lipinski definition) is 9. The number of thiol groups is 1. The van der Waals surface area contributed by atoms with Crippen LogP contribution in [0.3, 0.4) is 0 Å². The number of nitrogens with one attached hydrogen (secondary N) is 4. The number of aliphatic hydroxyl groups is 1. The standard InChI is InChI=1S/C29H46N8O8S/c1-16(2)23(36-24(40)19(11-8-12-32-29(30)31)34-25(41)21(15-46)33-17(3)39)26(42)35-20(14-38)27(43)37(4)22(28(44)45)13-18-9-6-5-7-10-18/h5-7,9-10,16,19-23,38,46H,8,11-15H2,1-4H3,(H,33,39)(H,34,41)(H,35,42)(H,36,40)(H,44,45)(H4,30,31,32)/t19-,20-,21+,22+,23+/m1/s1. The molecule has 10 N–H and O–H groups in total. The van der Waals surface area contributed by atoms with Gasteiger partial charge >= 0.3 is 5.97 Å². The molecule has 0 aliphatic heterocycles. The van der Waals surface area contributed by atoms with Crippen molar-refractivity contribution in [3.63, 3.8) is 0 Å². The molecule has 0 saturated heterocycles. The average molecular weight is 667 g/mol. The van der Waals surface area contributed by atoms with Gasteiger partial charge in [0, 0.05) is 32.7 Å². The van der Waals surface area contributed by atoms with Gasteiger partial charge in [-0.1, -0.05) is 44.2 Å².